The maximum absolute atomic E-state index is 5.36. The van der Waals surface area contributed by atoms with E-state index in [4.69, 9.17) is 18.0 Å². The van der Waals surface area contributed by atoms with Crippen LogP contribution in [0.3, 0.4) is 0 Å². The van der Waals surface area contributed by atoms with Crippen LogP contribution in [-0.2, 0) is 0 Å². The summed E-state index contributed by atoms with van der Waals surface area (Å²) >= 11 is 8.11. The summed E-state index contributed by atoms with van der Waals surface area (Å²) in [6, 6.07) is 5.77. The van der Waals surface area contributed by atoms with E-state index in [0.29, 0.717) is 0 Å². The fourth-order valence-corrected chi connectivity index (χ4v) is 1.35. The molecule has 1 aromatic carbocycles. The molecule has 0 aliphatic heterocycles. The van der Waals surface area contributed by atoms with Gasteiger partial charge in [0.1, 0.15) is 0 Å². The second-order valence-corrected chi connectivity index (χ2v) is 3.73. The van der Waals surface area contributed by atoms with E-state index < -0.39 is 0 Å². The Morgan fingerprint density at radius 1 is 1.62 bits per heavy atom. The molecule has 3 N–H and O–H groups in total. The fraction of sp³-hybridized carbons (Fsp3) is 0. The number of halogens is 1. The van der Waals surface area contributed by atoms with Crippen LogP contribution in [-0.4, -0.2) is 5.11 Å². The molecule has 1 aromatic rings. The molecule has 0 aromatic heterocycles. The Morgan fingerprint density at radius 3 is 2.85 bits per heavy atom. The standard InChI is InChI=1S/C9H9BrN2S/c1-2-6-3-4-7(10)8(5-6)12-9(11)13/h2-5H,1H2,(H3,11,12,13). The van der Waals surface area contributed by atoms with Gasteiger partial charge in [-0.2, -0.15) is 0 Å². The lowest BCUT2D eigenvalue weighted by Gasteiger charge is -2.06. The first-order valence-corrected chi connectivity index (χ1v) is 4.82. The number of anilines is 1. The monoisotopic (exact) mass is 256 g/mol. The van der Waals surface area contributed by atoms with Crippen molar-refractivity contribution in [3.8, 4) is 0 Å². The van der Waals surface area contributed by atoms with E-state index in [9.17, 15) is 0 Å². The normalized spacial score (nSPS) is 9.31. The van der Waals surface area contributed by atoms with Crippen LogP contribution in [0.5, 0.6) is 0 Å². The van der Waals surface area contributed by atoms with E-state index >= 15 is 0 Å². The van der Waals surface area contributed by atoms with E-state index in [1.165, 1.54) is 0 Å². The predicted molar refractivity (Wildman–Crippen MR) is 64.6 cm³/mol. The van der Waals surface area contributed by atoms with Gasteiger partial charge in [-0.25, -0.2) is 0 Å². The second kappa shape index (κ2) is 4.39. The maximum Gasteiger partial charge on any atom is 0.168 e. The van der Waals surface area contributed by atoms with Crippen molar-refractivity contribution in [3.05, 3.63) is 34.8 Å². The maximum atomic E-state index is 5.36. The van der Waals surface area contributed by atoms with Crippen LogP contribution in [0.25, 0.3) is 6.08 Å². The highest BCUT2D eigenvalue weighted by Crippen LogP contribution is 2.23. The van der Waals surface area contributed by atoms with Crippen LogP contribution >= 0.6 is 28.1 Å². The Balaban J connectivity index is 3.03. The van der Waals surface area contributed by atoms with Crippen LogP contribution < -0.4 is 11.1 Å². The number of nitrogens with two attached hydrogens (primary N) is 1. The molecule has 0 aliphatic carbocycles. The van der Waals surface area contributed by atoms with Gasteiger partial charge in [0.25, 0.3) is 0 Å². The van der Waals surface area contributed by atoms with Crippen molar-refractivity contribution < 1.29 is 0 Å². The lowest BCUT2D eigenvalue weighted by molar-refractivity contribution is 1.55. The van der Waals surface area contributed by atoms with Crippen LogP contribution in [0.15, 0.2) is 29.3 Å². The SMILES string of the molecule is C=Cc1ccc(Br)c(NC(N)=S)c1. The van der Waals surface area contributed by atoms with Crippen molar-refractivity contribution in [2.24, 2.45) is 5.73 Å². The molecular formula is C9H9BrN2S. The third-order valence-corrected chi connectivity index (χ3v) is 2.28. The summed E-state index contributed by atoms with van der Waals surface area (Å²) in [5.41, 5.74) is 7.23. The molecule has 1 rings (SSSR count). The minimum Gasteiger partial charge on any atom is -0.376 e. The van der Waals surface area contributed by atoms with Gasteiger partial charge in [0, 0.05) is 4.47 Å². The quantitative estimate of drug-likeness (QED) is 0.800. The van der Waals surface area contributed by atoms with Crippen LogP contribution in [0.2, 0.25) is 0 Å². The third-order valence-electron chi connectivity index (χ3n) is 1.48. The Hall–Kier alpha value is -0.870. The lowest BCUT2D eigenvalue weighted by Crippen LogP contribution is -2.19. The largest absolute Gasteiger partial charge is 0.376 e. The van der Waals surface area contributed by atoms with Gasteiger partial charge >= 0.3 is 0 Å². The molecule has 2 nitrogen and oxygen atoms in total. The summed E-state index contributed by atoms with van der Waals surface area (Å²) in [5.74, 6) is 0. The summed E-state index contributed by atoms with van der Waals surface area (Å²) in [7, 11) is 0. The van der Waals surface area contributed by atoms with Crippen LogP contribution in [0.1, 0.15) is 5.56 Å². The average Bonchev–Trinajstić information content (AvgIpc) is 2.08. The number of hydrogen-bond acceptors (Lipinski definition) is 1. The van der Waals surface area contributed by atoms with Gasteiger partial charge in [0.15, 0.2) is 5.11 Å². The van der Waals surface area contributed by atoms with E-state index in [0.717, 1.165) is 15.7 Å². The summed E-state index contributed by atoms with van der Waals surface area (Å²) in [6.07, 6.45) is 1.76. The zero-order valence-corrected chi connectivity index (χ0v) is 9.28. The lowest BCUT2D eigenvalue weighted by atomic mass is 10.2. The Kier molecular flexibility index (Phi) is 3.45. The van der Waals surface area contributed by atoms with Crippen LogP contribution in [0.4, 0.5) is 5.69 Å². The molecule has 4 heteroatoms. The number of rotatable bonds is 2. The summed E-state index contributed by atoms with van der Waals surface area (Å²) in [5, 5.41) is 3.11. The van der Waals surface area contributed by atoms with Crippen molar-refractivity contribution in [3.63, 3.8) is 0 Å². The van der Waals surface area contributed by atoms with Gasteiger partial charge in [-0.1, -0.05) is 18.7 Å². The smallest absolute Gasteiger partial charge is 0.168 e. The molecule has 0 bridgehead atoms. The summed E-state index contributed by atoms with van der Waals surface area (Å²) in [6.45, 7) is 3.67. The minimum absolute atomic E-state index is 0.252. The first kappa shape index (κ1) is 10.2. The minimum atomic E-state index is 0.252. The highest BCUT2D eigenvalue weighted by Gasteiger charge is 1.99. The molecule has 0 saturated carbocycles. The molecule has 0 atom stereocenters. The topological polar surface area (TPSA) is 38.0 Å². The highest BCUT2D eigenvalue weighted by atomic mass is 79.9. The number of hydrogen-bond donors (Lipinski definition) is 2. The van der Waals surface area contributed by atoms with Gasteiger partial charge in [0.2, 0.25) is 0 Å². The van der Waals surface area contributed by atoms with Gasteiger partial charge in [0.05, 0.1) is 5.69 Å². The molecule has 13 heavy (non-hydrogen) atoms. The number of benzene rings is 1. The van der Waals surface area contributed by atoms with Crippen molar-refractivity contribution in [2.45, 2.75) is 0 Å². The molecule has 0 radical (unpaired) electrons. The molecule has 68 valence electrons. The van der Waals surface area contributed by atoms with E-state index in [1.807, 2.05) is 18.2 Å². The van der Waals surface area contributed by atoms with Crippen LogP contribution in [0, 0.1) is 0 Å². The first-order valence-electron chi connectivity index (χ1n) is 3.62. The molecule has 0 amide bonds. The van der Waals surface area contributed by atoms with Gasteiger partial charge in [-0.15, -0.1) is 0 Å². The molecular weight excluding hydrogens is 248 g/mol. The number of thiocarbonyl (C=S) groups is 1. The molecule has 0 aliphatic rings. The zero-order valence-electron chi connectivity index (χ0n) is 6.88. The van der Waals surface area contributed by atoms with Crippen molar-refractivity contribution >= 4 is 45.0 Å². The van der Waals surface area contributed by atoms with Gasteiger partial charge < -0.3 is 11.1 Å². The van der Waals surface area contributed by atoms with Crippen molar-refractivity contribution in [2.75, 3.05) is 5.32 Å². The average molecular weight is 257 g/mol. The Bertz CT molecular complexity index is 349. The number of nitrogens with one attached hydrogen (secondary N) is 1. The van der Waals surface area contributed by atoms with E-state index in [2.05, 4.69) is 27.8 Å². The van der Waals surface area contributed by atoms with Gasteiger partial charge in [-0.3, -0.25) is 0 Å². The second-order valence-electron chi connectivity index (χ2n) is 2.43. The molecule has 0 fully saturated rings. The van der Waals surface area contributed by atoms with Gasteiger partial charge in [-0.05, 0) is 45.8 Å². The summed E-state index contributed by atoms with van der Waals surface area (Å²) < 4.78 is 0.922. The molecule has 0 unspecified atom stereocenters. The first-order chi connectivity index (χ1) is 6.13. The Morgan fingerprint density at radius 2 is 2.31 bits per heavy atom. The zero-order chi connectivity index (χ0) is 9.84. The highest BCUT2D eigenvalue weighted by molar-refractivity contribution is 9.10. The fourth-order valence-electron chi connectivity index (χ4n) is 0.898. The predicted octanol–water partition coefficient (Wildman–Crippen LogP) is 2.75. The Labute approximate surface area is 91.0 Å². The molecule has 0 spiro atoms. The van der Waals surface area contributed by atoms with E-state index in [-0.39, 0.29) is 5.11 Å². The summed E-state index contributed by atoms with van der Waals surface area (Å²) in [4.78, 5) is 0. The third kappa shape index (κ3) is 2.82. The van der Waals surface area contributed by atoms with E-state index in [1.54, 1.807) is 6.08 Å². The molecule has 0 heterocycles. The van der Waals surface area contributed by atoms with Crippen molar-refractivity contribution in [1.82, 2.24) is 0 Å². The molecule has 0 saturated heterocycles. The van der Waals surface area contributed by atoms with Crippen molar-refractivity contribution in [1.29, 1.82) is 0 Å².